The molecule has 0 aromatic heterocycles. The van der Waals surface area contributed by atoms with Crippen molar-refractivity contribution in [1.82, 2.24) is 9.91 Å². The molecule has 2 heterocycles. The highest BCUT2D eigenvalue weighted by molar-refractivity contribution is 5.82. The SMILES string of the molecule is CC(C)(C)OC(=O)N1CC2CC(C(=O)N3N=CCC3c3cc(F)cc(F)c3)CC2C1. The molecule has 0 N–H and O–H groups in total. The number of hydrazone groups is 1. The second kappa shape index (κ2) is 7.63. The van der Waals surface area contributed by atoms with E-state index in [1.54, 1.807) is 11.1 Å². The minimum Gasteiger partial charge on any atom is -0.444 e. The van der Waals surface area contributed by atoms with E-state index < -0.39 is 23.3 Å². The molecule has 2 fully saturated rings. The van der Waals surface area contributed by atoms with Crippen molar-refractivity contribution in [1.29, 1.82) is 0 Å². The molecule has 3 aliphatic rings. The third-order valence-electron chi connectivity index (χ3n) is 6.08. The molecule has 30 heavy (non-hydrogen) atoms. The molecule has 6 nitrogen and oxygen atoms in total. The summed E-state index contributed by atoms with van der Waals surface area (Å²) in [6.07, 6.45) is 3.10. The summed E-state index contributed by atoms with van der Waals surface area (Å²) in [5, 5.41) is 5.58. The number of ether oxygens (including phenoxy) is 1. The second-order valence-electron chi connectivity index (χ2n) is 9.51. The van der Waals surface area contributed by atoms with Gasteiger partial charge >= 0.3 is 6.09 Å². The van der Waals surface area contributed by atoms with E-state index in [0.29, 0.717) is 37.9 Å². The van der Waals surface area contributed by atoms with Crippen molar-refractivity contribution >= 4 is 18.2 Å². The highest BCUT2D eigenvalue weighted by Gasteiger charge is 2.47. The van der Waals surface area contributed by atoms with Crippen LogP contribution in [0.5, 0.6) is 0 Å². The predicted octanol–water partition coefficient (Wildman–Crippen LogP) is 4.12. The van der Waals surface area contributed by atoms with Crippen LogP contribution in [0, 0.1) is 29.4 Å². The molecule has 162 valence electrons. The van der Waals surface area contributed by atoms with E-state index in [4.69, 9.17) is 4.74 Å². The van der Waals surface area contributed by atoms with Crippen LogP contribution in [0.15, 0.2) is 23.3 Å². The average molecular weight is 419 g/mol. The van der Waals surface area contributed by atoms with Crippen LogP contribution in [0.25, 0.3) is 0 Å². The van der Waals surface area contributed by atoms with E-state index in [-0.39, 0.29) is 29.8 Å². The lowest BCUT2D eigenvalue weighted by atomic mass is 10.0. The van der Waals surface area contributed by atoms with Gasteiger partial charge in [-0.3, -0.25) is 4.79 Å². The number of hydrogen-bond donors (Lipinski definition) is 0. The fourth-order valence-corrected chi connectivity index (χ4v) is 4.83. The van der Waals surface area contributed by atoms with Gasteiger partial charge in [0.2, 0.25) is 5.91 Å². The molecule has 1 aromatic carbocycles. The maximum absolute atomic E-state index is 13.6. The number of carbonyl (C=O) groups is 2. The Balaban J connectivity index is 1.39. The quantitative estimate of drug-likeness (QED) is 0.725. The number of hydrogen-bond acceptors (Lipinski definition) is 4. The monoisotopic (exact) mass is 419 g/mol. The number of carbonyl (C=O) groups excluding carboxylic acids is 2. The van der Waals surface area contributed by atoms with Crippen molar-refractivity contribution in [3.63, 3.8) is 0 Å². The lowest BCUT2D eigenvalue weighted by Gasteiger charge is -2.27. The standard InChI is InChI=1S/C22H27F2N3O3/c1-22(2,3)30-21(29)26-11-15-6-14(7-16(15)12-26)20(28)27-19(4-5-25-27)13-8-17(23)10-18(24)9-13/h5,8-10,14-16,19H,4,6-7,11-12H2,1-3H3. The highest BCUT2D eigenvalue weighted by atomic mass is 19.1. The summed E-state index contributed by atoms with van der Waals surface area (Å²) in [6, 6.07) is 2.84. The van der Waals surface area contributed by atoms with Crippen molar-refractivity contribution in [3.8, 4) is 0 Å². The number of benzene rings is 1. The molecule has 3 unspecified atom stereocenters. The van der Waals surface area contributed by atoms with Crippen LogP contribution in [-0.2, 0) is 9.53 Å². The van der Waals surface area contributed by atoms with Crippen LogP contribution in [0.1, 0.15) is 51.6 Å². The average Bonchev–Trinajstić information content (AvgIpc) is 3.33. The lowest BCUT2D eigenvalue weighted by molar-refractivity contribution is -0.137. The summed E-state index contributed by atoms with van der Waals surface area (Å²) in [7, 11) is 0. The first-order valence-electron chi connectivity index (χ1n) is 10.4. The molecule has 3 atom stereocenters. The summed E-state index contributed by atoms with van der Waals surface area (Å²) in [6.45, 7) is 6.70. The largest absolute Gasteiger partial charge is 0.444 e. The zero-order valence-corrected chi connectivity index (χ0v) is 17.5. The molecule has 2 amide bonds. The molecule has 0 spiro atoms. The van der Waals surface area contributed by atoms with Crippen LogP contribution in [0.2, 0.25) is 0 Å². The zero-order valence-electron chi connectivity index (χ0n) is 17.5. The molecule has 0 radical (unpaired) electrons. The maximum Gasteiger partial charge on any atom is 0.410 e. The van der Waals surface area contributed by atoms with Gasteiger partial charge in [0, 0.05) is 37.7 Å². The summed E-state index contributed by atoms with van der Waals surface area (Å²) in [5.74, 6) is -1.14. The fourth-order valence-electron chi connectivity index (χ4n) is 4.83. The topological polar surface area (TPSA) is 62.2 Å². The van der Waals surface area contributed by atoms with Crippen molar-refractivity contribution in [3.05, 3.63) is 35.4 Å². The van der Waals surface area contributed by atoms with Gasteiger partial charge in [0.1, 0.15) is 17.2 Å². The molecule has 1 aromatic rings. The highest BCUT2D eigenvalue weighted by Crippen LogP contribution is 2.44. The Morgan fingerprint density at radius 1 is 1.07 bits per heavy atom. The van der Waals surface area contributed by atoms with Gasteiger partial charge in [0.25, 0.3) is 0 Å². The fraction of sp³-hybridized carbons (Fsp3) is 0.591. The normalized spacial score (nSPS) is 28.2. The minimum atomic E-state index is -0.665. The molecule has 1 saturated carbocycles. The third kappa shape index (κ3) is 4.18. The second-order valence-corrected chi connectivity index (χ2v) is 9.51. The molecule has 1 saturated heterocycles. The van der Waals surface area contributed by atoms with Crippen LogP contribution in [0.3, 0.4) is 0 Å². The number of fused-ring (bicyclic) bond motifs is 1. The van der Waals surface area contributed by atoms with Crippen LogP contribution < -0.4 is 0 Å². The van der Waals surface area contributed by atoms with Crippen molar-refractivity contribution in [2.75, 3.05) is 13.1 Å². The summed E-state index contributed by atoms with van der Waals surface area (Å²) in [4.78, 5) is 27.2. The molecular formula is C22H27F2N3O3. The number of rotatable bonds is 2. The summed E-state index contributed by atoms with van der Waals surface area (Å²) < 4.78 is 32.7. The van der Waals surface area contributed by atoms with Gasteiger partial charge in [-0.15, -0.1) is 0 Å². The number of amides is 2. The van der Waals surface area contributed by atoms with E-state index in [1.807, 2.05) is 20.8 Å². The lowest BCUT2D eigenvalue weighted by Crippen LogP contribution is -2.37. The van der Waals surface area contributed by atoms with Crippen LogP contribution in [0.4, 0.5) is 13.6 Å². The van der Waals surface area contributed by atoms with E-state index in [0.717, 1.165) is 6.07 Å². The van der Waals surface area contributed by atoms with Gasteiger partial charge in [0.15, 0.2) is 0 Å². The molecule has 1 aliphatic carbocycles. The molecule has 0 bridgehead atoms. The first-order valence-corrected chi connectivity index (χ1v) is 10.4. The Labute approximate surface area is 174 Å². The van der Waals surface area contributed by atoms with Gasteiger partial charge in [-0.25, -0.2) is 18.6 Å². The number of halogens is 2. The molecular weight excluding hydrogens is 392 g/mol. The number of likely N-dealkylation sites (tertiary alicyclic amines) is 1. The number of nitrogens with zero attached hydrogens (tertiary/aromatic N) is 3. The maximum atomic E-state index is 13.6. The first kappa shape index (κ1) is 20.8. The Kier molecular flexibility index (Phi) is 5.28. The summed E-state index contributed by atoms with van der Waals surface area (Å²) in [5.41, 5.74) is -0.125. The minimum absolute atomic E-state index is 0.114. The first-order chi connectivity index (χ1) is 14.1. The predicted molar refractivity (Wildman–Crippen MR) is 107 cm³/mol. The Hall–Kier alpha value is -2.51. The van der Waals surface area contributed by atoms with Crippen molar-refractivity contribution < 1.29 is 23.1 Å². The Morgan fingerprint density at radius 3 is 2.23 bits per heavy atom. The van der Waals surface area contributed by atoms with Gasteiger partial charge < -0.3 is 9.64 Å². The zero-order chi connectivity index (χ0) is 21.6. The van der Waals surface area contributed by atoms with E-state index in [9.17, 15) is 18.4 Å². The van der Waals surface area contributed by atoms with Crippen LogP contribution >= 0.6 is 0 Å². The summed E-state index contributed by atoms with van der Waals surface area (Å²) >= 11 is 0. The van der Waals surface area contributed by atoms with E-state index in [2.05, 4.69) is 5.10 Å². The Bertz CT molecular complexity index is 849. The Morgan fingerprint density at radius 2 is 1.67 bits per heavy atom. The van der Waals surface area contributed by atoms with Gasteiger partial charge in [0.05, 0.1) is 6.04 Å². The van der Waals surface area contributed by atoms with Crippen LogP contribution in [-0.4, -0.2) is 46.8 Å². The molecule has 2 aliphatic heterocycles. The third-order valence-corrected chi connectivity index (χ3v) is 6.08. The van der Waals surface area contributed by atoms with E-state index in [1.165, 1.54) is 17.1 Å². The molecule has 8 heteroatoms. The van der Waals surface area contributed by atoms with Gasteiger partial charge in [-0.05, 0) is 63.1 Å². The smallest absolute Gasteiger partial charge is 0.410 e. The molecule has 4 rings (SSSR count). The van der Waals surface area contributed by atoms with Crippen molar-refractivity contribution in [2.45, 2.75) is 51.7 Å². The van der Waals surface area contributed by atoms with Crippen molar-refractivity contribution in [2.24, 2.45) is 22.9 Å². The van der Waals surface area contributed by atoms with E-state index >= 15 is 0 Å². The van der Waals surface area contributed by atoms with Gasteiger partial charge in [-0.2, -0.15) is 5.10 Å². The van der Waals surface area contributed by atoms with Gasteiger partial charge in [-0.1, -0.05) is 0 Å².